The molecule has 2 aromatic carbocycles. The van der Waals surface area contributed by atoms with Gasteiger partial charge in [-0.25, -0.2) is 0 Å². The summed E-state index contributed by atoms with van der Waals surface area (Å²) in [7, 11) is 3.60. The van der Waals surface area contributed by atoms with E-state index < -0.39 is 0 Å². The molecule has 0 bridgehead atoms. The first-order chi connectivity index (χ1) is 21.3. The van der Waals surface area contributed by atoms with Gasteiger partial charge in [0.25, 0.3) is 11.8 Å². The lowest BCUT2D eigenvalue weighted by Crippen LogP contribution is -2.24. The highest BCUT2D eigenvalue weighted by atomic mass is 32.1. The molecule has 2 amide bonds. The molecule has 6 heterocycles. The van der Waals surface area contributed by atoms with E-state index in [0.717, 1.165) is 43.4 Å². The minimum Gasteiger partial charge on any atom is -0.311 e. The Labute approximate surface area is 271 Å². The van der Waals surface area contributed by atoms with Crippen LogP contribution < -0.4 is 9.80 Å². The maximum atomic E-state index is 13.8. The zero-order chi connectivity index (χ0) is 30.3. The normalized spacial score (nSPS) is 15.9. The fourth-order valence-corrected chi connectivity index (χ4v) is 10.3. The fourth-order valence-electron chi connectivity index (χ4n) is 6.17. The van der Waals surface area contributed by atoms with E-state index in [9.17, 15) is 9.59 Å². The summed E-state index contributed by atoms with van der Waals surface area (Å²) in [5, 5.41) is 4.20. The van der Waals surface area contributed by atoms with Gasteiger partial charge < -0.3 is 9.80 Å². The quantitative estimate of drug-likeness (QED) is 0.179. The second-order valence-corrected chi connectivity index (χ2v) is 15.1. The number of carbonyl (C=O) groups is 2. The van der Waals surface area contributed by atoms with E-state index in [4.69, 9.17) is 0 Å². The van der Waals surface area contributed by atoms with Crippen LogP contribution in [0, 0.1) is 13.8 Å². The van der Waals surface area contributed by atoms with Gasteiger partial charge in [-0.2, -0.15) is 0 Å². The van der Waals surface area contributed by atoms with Crippen LogP contribution in [0.1, 0.15) is 22.3 Å². The molecule has 216 valence electrons. The minimum atomic E-state index is -0.151. The van der Waals surface area contributed by atoms with Crippen LogP contribution in [0.15, 0.2) is 83.6 Å². The molecule has 0 saturated heterocycles. The molecule has 6 aromatic rings. The molecule has 8 rings (SSSR count). The number of fused-ring (bicyclic) bond motifs is 2. The lowest BCUT2D eigenvalue weighted by molar-refractivity contribution is -0.114. The Morgan fingerprint density at radius 1 is 0.545 bits per heavy atom. The number of nitrogens with zero attached hydrogens (tertiary/aromatic N) is 2. The average molecular weight is 647 g/mol. The first-order valence-corrected chi connectivity index (χ1v) is 17.6. The number of hydrogen-bond donors (Lipinski definition) is 0. The van der Waals surface area contributed by atoms with Crippen molar-refractivity contribution >= 4 is 79.7 Å². The number of thiophene rings is 4. The third-order valence-electron chi connectivity index (χ3n) is 8.44. The lowest BCUT2D eigenvalue weighted by Gasteiger charge is -2.10. The van der Waals surface area contributed by atoms with Gasteiger partial charge in [0, 0.05) is 54.5 Å². The second kappa shape index (κ2) is 10.2. The molecule has 2 aliphatic rings. The predicted octanol–water partition coefficient (Wildman–Crippen LogP) is 10.1. The molecule has 4 aromatic heterocycles. The Kier molecular flexibility index (Phi) is 6.39. The Morgan fingerprint density at radius 2 is 0.977 bits per heavy atom. The van der Waals surface area contributed by atoms with Crippen molar-refractivity contribution in [1.82, 2.24) is 0 Å². The molecule has 0 atom stereocenters. The maximum Gasteiger partial charge on any atom is 0.259 e. The van der Waals surface area contributed by atoms with Crippen molar-refractivity contribution in [2.45, 2.75) is 13.8 Å². The van der Waals surface area contributed by atoms with Crippen molar-refractivity contribution in [3.63, 3.8) is 0 Å². The van der Waals surface area contributed by atoms with Crippen LogP contribution in [-0.2, 0) is 9.59 Å². The summed E-state index contributed by atoms with van der Waals surface area (Å²) in [6.45, 7) is 4.29. The molecule has 0 unspecified atom stereocenters. The topological polar surface area (TPSA) is 40.6 Å². The molecule has 0 aliphatic carbocycles. The van der Waals surface area contributed by atoms with Gasteiger partial charge in [-0.05, 0) is 83.3 Å². The van der Waals surface area contributed by atoms with Gasteiger partial charge >= 0.3 is 0 Å². The molecule has 0 spiro atoms. The third-order valence-corrected chi connectivity index (χ3v) is 13.1. The summed E-state index contributed by atoms with van der Waals surface area (Å²) in [5.41, 5.74) is 8.85. The van der Waals surface area contributed by atoms with E-state index in [2.05, 4.69) is 85.3 Å². The van der Waals surface area contributed by atoms with Gasteiger partial charge in [0.15, 0.2) is 0 Å². The highest BCUT2D eigenvalue weighted by Crippen LogP contribution is 2.49. The number of rotatable bonds is 4. The molecule has 0 radical (unpaired) electrons. The largest absolute Gasteiger partial charge is 0.311 e. The summed E-state index contributed by atoms with van der Waals surface area (Å²) in [4.78, 5) is 38.4. The van der Waals surface area contributed by atoms with E-state index in [0.29, 0.717) is 11.1 Å². The monoisotopic (exact) mass is 646 g/mol. The van der Waals surface area contributed by atoms with Crippen LogP contribution in [0.25, 0.3) is 51.5 Å². The molecular weight excluding hydrogens is 621 g/mol. The highest BCUT2D eigenvalue weighted by molar-refractivity contribution is 7.24. The van der Waals surface area contributed by atoms with Crippen molar-refractivity contribution in [3.8, 4) is 40.4 Å². The maximum absolute atomic E-state index is 13.8. The highest BCUT2D eigenvalue weighted by Gasteiger charge is 2.40. The zero-order valence-corrected chi connectivity index (χ0v) is 27.7. The first kappa shape index (κ1) is 27.5. The van der Waals surface area contributed by atoms with Gasteiger partial charge in [-0.3, -0.25) is 9.59 Å². The van der Waals surface area contributed by atoms with Crippen LogP contribution in [0.2, 0.25) is 0 Å². The number of likely N-dealkylation sites (N-methyl/N-ethyl adjacent to an activating group) is 2. The number of carbonyl (C=O) groups excluding carboxylic acids is 2. The minimum absolute atomic E-state index is 0.151. The molecule has 8 heteroatoms. The predicted molar refractivity (Wildman–Crippen MR) is 189 cm³/mol. The summed E-state index contributed by atoms with van der Waals surface area (Å²) in [6, 6.07) is 25.2. The van der Waals surface area contributed by atoms with E-state index in [-0.39, 0.29) is 11.8 Å². The van der Waals surface area contributed by atoms with Gasteiger partial charge in [-0.1, -0.05) is 36.4 Å². The summed E-state index contributed by atoms with van der Waals surface area (Å²) >= 11 is 7.03. The van der Waals surface area contributed by atoms with Gasteiger partial charge in [-0.15, -0.1) is 45.3 Å². The summed E-state index contributed by atoms with van der Waals surface area (Å²) < 4.78 is 0. The van der Waals surface area contributed by atoms with E-state index in [1.54, 1.807) is 69.2 Å². The summed E-state index contributed by atoms with van der Waals surface area (Å²) in [6.07, 6.45) is 0. The Balaban J connectivity index is 1.20. The standard InChI is InChI=1S/C36H26N2O2S4/c1-19-15-29(43-33(19)27-7-5-13-41-27)21-9-11-23-25(17-21)37(3)35(39)31(23)32-24-12-10-22(18-26(24)38(4)36(32)40)30-16-20(2)34(44-30)28-8-6-14-42-28/h5-18H,1-4H3/b32-31+. The molecule has 0 saturated carbocycles. The van der Waals surface area contributed by atoms with Crippen molar-refractivity contribution in [1.29, 1.82) is 0 Å². The SMILES string of the molecule is Cc1cc(-c2ccc3c(c2)N(C)C(=O)/C3=C2/C(=O)N(C)c3cc(-c4cc(C)c(-c5cccs5)s4)ccc32)sc1-c1cccs1. The average Bonchev–Trinajstić information content (AvgIpc) is 3.87. The lowest BCUT2D eigenvalue weighted by atomic mass is 9.95. The molecule has 2 aliphatic heterocycles. The Bertz CT molecular complexity index is 2010. The molecule has 0 fully saturated rings. The first-order valence-electron chi connectivity index (χ1n) is 14.2. The number of amides is 2. The molecule has 0 N–H and O–H groups in total. The van der Waals surface area contributed by atoms with Gasteiger partial charge in [0.05, 0.1) is 22.5 Å². The van der Waals surface area contributed by atoms with Crippen LogP contribution in [-0.4, -0.2) is 25.9 Å². The number of hydrogen-bond acceptors (Lipinski definition) is 6. The fraction of sp³-hybridized carbons (Fsp3) is 0.111. The molecular formula is C36H26N2O2S4. The van der Waals surface area contributed by atoms with Crippen molar-refractivity contribution < 1.29 is 9.59 Å². The number of aryl methyl sites for hydroxylation is 2. The van der Waals surface area contributed by atoms with E-state index >= 15 is 0 Å². The smallest absolute Gasteiger partial charge is 0.259 e. The molecule has 4 nitrogen and oxygen atoms in total. The zero-order valence-electron chi connectivity index (χ0n) is 24.4. The Morgan fingerprint density at radius 3 is 1.36 bits per heavy atom. The van der Waals surface area contributed by atoms with Crippen molar-refractivity contribution in [2.75, 3.05) is 23.9 Å². The summed E-state index contributed by atoms with van der Waals surface area (Å²) in [5.74, 6) is -0.302. The van der Waals surface area contributed by atoms with Crippen molar-refractivity contribution in [3.05, 3.63) is 106 Å². The van der Waals surface area contributed by atoms with Crippen molar-refractivity contribution in [2.24, 2.45) is 0 Å². The second-order valence-electron chi connectivity index (χ2n) is 11.1. The van der Waals surface area contributed by atoms with Crippen LogP contribution in [0.3, 0.4) is 0 Å². The van der Waals surface area contributed by atoms with E-state index in [1.807, 2.05) is 12.1 Å². The van der Waals surface area contributed by atoms with Gasteiger partial charge in [0.2, 0.25) is 0 Å². The Hall–Kier alpha value is -4.08. The number of benzene rings is 2. The van der Waals surface area contributed by atoms with Crippen LogP contribution in [0.4, 0.5) is 11.4 Å². The van der Waals surface area contributed by atoms with Crippen LogP contribution >= 0.6 is 45.3 Å². The molecule has 44 heavy (non-hydrogen) atoms. The van der Waals surface area contributed by atoms with E-state index in [1.165, 1.54) is 30.6 Å². The van der Waals surface area contributed by atoms with Gasteiger partial charge in [0.1, 0.15) is 0 Å². The number of anilines is 2. The third kappa shape index (κ3) is 4.13. The van der Waals surface area contributed by atoms with Crippen LogP contribution in [0.5, 0.6) is 0 Å².